The normalized spacial score (nSPS) is 27.0. The van der Waals surface area contributed by atoms with Crippen molar-refractivity contribution in [1.82, 2.24) is 15.1 Å². The van der Waals surface area contributed by atoms with Crippen LogP contribution in [-0.2, 0) is 18.3 Å². The molecular weight excluding hydrogens is 178 g/mol. The maximum atomic E-state index is 5.37. The molecule has 0 aromatic carbocycles. The minimum absolute atomic E-state index is 0.149. The van der Waals surface area contributed by atoms with Crippen LogP contribution in [0.5, 0.6) is 0 Å². The van der Waals surface area contributed by atoms with Gasteiger partial charge in [0.1, 0.15) is 0 Å². The second-order valence-corrected chi connectivity index (χ2v) is 4.24. The number of aromatic nitrogens is 2. The number of rotatable bonds is 3. The molecule has 14 heavy (non-hydrogen) atoms. The van der Waals surface area contributed by atoms with Gasteiger partial charge in [-0.2, -0.15) is 5.10 Å². The zero-order valence-corrected chi connectivity index (χ0v) is 8.79. The van der Waals surface area contributed by atoms with Gasteiger partial charge >= 0.3 is 0 Å². The molecule has 78 valence electrons. The van der Waals surface area contributed by atoms with Crippen molar-refractivity contribution < 1.29 is 4.74 Å². The lowest BCUT2D eigenvalue weighted by Gasteiger charge is -2.23. The summed E-state index contributed by atoms with van der Waals surface area (Å²) < 4.78 is 7.19. The first kappa shape index (κ1) is 9.68. The number of nitrogens with one attached hydrogen (secondary N) is 1. The topological polar surface area (TPSA) is 39.1 Å². The molecule has 1 unspecified atom stereocenters. The fourth-order valence-electron chi connectivity index (χ4n) is 1.69. The molecule has 0 saturated carbocycles. The summed E-state index contributed by atoms with van der Waals surface area (Å²) in [4.78, 5) is 0. The smallest absolute Gasteiger partial charge is 0.0646 e. The van der Waals surface area contributed by atoms with E-state index >= 15 is 0 Å². The van der Waals surface area contributed by atoms with Crippen LogP contribution in [0, 0.1) is 0 Å². The van der Waals surface area contributed by atoms with Crippen LogP contribution in [0.2, 0.25) is 0 Å². The number of hydrogen-bond donors (Lipinski definition) is 1. The van der Waals surface area contributed by atoms with Crippen LogP contribution in [0.15, 0.2) is 12.4 Å². The monoisotopic (exact) mass is 195 g/mol. The average Bonchev–Trinajstić information content (AvgIpc) is 2.73. The van der Waals surface area contributed by atoms with Crippen molar-refractivity contribution in [3.05, 3.63) is 18.0 Å². The van der Waals surface area contributed by atoms with Gasteiger partial charge in [-0.15, -0.1) is 0 Å². The van der Waals surface area contributed by atoms with E-state index in [9.17, 15) is 0 Å². The summed E-state index contributed by atoms with van der Waals surface area (Å²) >= 11 is 0. The third-order valence-electron chi connectivity index (χ3n) is 2.70. The molecule has 0 aliphatic carbocycles. The van der Waals surface area contributed by atoms with E-state index in [2.05, 4.69) is 17.3 Å². The first-order valence-electron chi connectivity index (χ1n) is 4.98. The molecule has 2 heterocycles. The second kappa shape index (κ2) is 3.71. The summed E-state index contributed by atoms with van der Waals surface area (Å²) in [7, 11) is 1.93. The van der Waals surface area contributed by atoms with E-state index in [1.54, 1.807) is 0 Å². The molecule has 0 spiro atoms. The predicted octanol–water partition coefficient (Wildman–Crippen LogP) is 0.689. The Morgan fingerprint density at radius 3 is 3.14 bits per heavy atom. The molecule has 4 heteroatoms. The maximum Gasteiger partial charge on any atom is 0.0646 e. The molecule has 1 aliphatic rings. The molecule has 1 aromatic heterocycles. The van der Waals surface area contributed by atoms with E-state index in [1.165, 1.54) is 5.56 Å². The Kier molecular flexibility index (Phi) is 2.56. The lowest BCUT2D eigenvalue weighted by molar-refractivity contribution is 0.171. The summed E-state index contributed by atoms with van der Waals surface area (Å²) in [6, 6.07) is 0. The molecular formula is C10H17N3O. The van der Waals surface area contributed by atoms with Crippen molar-refractivity contribution in [2.24, 2.45) is 7.05 Å². The van der Waals surface area contributed by atoms with Crippen molar-refractivity contribution in [2.75, 3.05) is 13.2 Å². The standard InChI is InChI=1S/C10H17N3O/c1-10(3-4-14-8-10)11-5-9-6-12-13(2)7-9/h6-7,11H,3-5,8H2,1-2H3. The third kappa shape index (κ3) is 2.13. The molecule has 1 saturated heterocycles. The van der Waals surface area contributed by atoms with Crippen LogP contribution in [0.4, 0.5) is 0 Å². The Hall–Kier alpha value is -0.870. The number of aryl methyl sites for hydroxylation is 1. The van der Waals surface area contributed by atoms with E-state index in [0.29, 0.717) is 0 Å². The van der Waals surface area contributed by atoms with E-state index in [1.807, 2.05) is 24.1 Å². The lowest BCUT2D eigenvalue weighted by atomic mass is 10.0. The minimum atomic E-state index is 0.149. The Labute approximate surface area is 84.3 Å². The fraction of sp³-hybridized carbons (Fsp3) is 0.700. The van der Waals surface area contributed by atoms with Gasteiger partial charge in [0.15, 0.2) is 0 Å². The van der Waals surface area contributed by atoms with Gasteiger partial charge in [0, 0.05) is 37.5 Å². The summed E-state index contributed by atoms with van der Waals surface area (Å²) in [5.74, 6) is 0. The third-order valence-corrected chi connectivity index (χ3v) is 2.70. The highest BCUT2D eigenvalue weighted by atomic mass is 16.5. The highest BCUT2D eigenvalue weighted by Gasteiger charge is 2.28. The summed E-state index contributed by atoms with van der Waals surface area (Å²) in [6.07, 6.45) is 5.02. The number of ether oxygens (including phenoxy) is 1. The summed E-state index contributed by atoms with van der Waals surface area (Å²) in [5.41, 5.74) is 1.37. The van der Waals surface area contributed by atoms with Crippen molar-refractivity contribution in [3.8, 4) is 0 Å². The van der Waals surface area contributed by atoms with Gasteiger partial charge in [-0.1, -0.05) is 0 Å². The summed E-state index contributed by atoms with van der Waals surface area (Å²) in [5, 5.41) is 7.64. The Morgan fingerprint density at radius 1 is 1.71 bits per heavy atom. The average molecular weight is 195 g/mol. The minimum Gasteiger partial charge on any atom is -0.379 e. The van der Waals surface area contributed by atoms with Crippen LogP contribution < -0.4 is 5.32 Å². The van der Waals surface area contributed by atoms with Gasteiger partial charge in [-0.3, -0.25) is 4.68 Å². The van der Waals surface area contributed by atoms with Gasteiger partial charge < -0.3 is 10.1 Å². The first-order chi connectivity index (χ1) is 6.68. The zero-order chi connectivity index (χ0) is 10.0. The fourth-order valence-corrected chi connectivity index (χ4v) is 1.69. The number of hydrogen-bond acceptors (Lipinski definition) is 3. The van der Waals surface area contributed by atoms with E-state index < -0.39 is 0 Å². The molecule has 1 fully saturated rings. The quantitative estimate of drug-likeness (QED) is 0.771. The van der Waals surface area contributed by atoms with Crippen LogP contribution in [0.3, 0.4) is 0 Å². The largest absolute Gasteiger partial charge is 0.379 e. The molecule has 0 radical (unpaired) electrons. The van der Waals surface area contributed by atoms with Gasteiger partial charge in [0.2, 0.25) is 0 Å². The van der Waals surface area contributed by atoms with Crippen LogP contribution in [0.25, 0.3) is 0 Å². The summed E-state index contributed by atoms with van der Waals surface area (Å²) in [6.45, 7) is 4.76. The van der Waals surface area contributed by atoms with Crippen molar-refractivity contribution in [2.45, 2.75) is 25.4 Å². The first-order valence-corrected chi connectivity index (χ1v) is 4.98. The Balaban J connectivity index is 1.87. The van der Waals surface area contributed by atoms with E-state index in [4.69, 9.17) is 4.74 Å². The van der Waals surface area contributed by atoms with Gasteiger partial charge in [0.25, 0.3) is 0 Å². The van der Waals surface area contributed by atoms with Gasteiger partial charge in [-0.05, 0) is 13.3 Å². The highest BCUT2D eigenvalue weighted by molar-refractivity contribution is 5.04. The van der Waals surface area contributed by atoms with Crippen LogP contribution >= 0.6 is 0 Å². The number of nitrogens with zero attached hydrogens (tertiary/aromatic N) is 2. The van der Waals surface area contributed by atoms with Crippen molar-refractivity contribution >= 4 is 0 Å². The molecule has 4 nitrogen and oxygen atoms in total. The Morgan fingerprint density at radius 2 is 2.57 bits per heavy atom. The van der Waals surface area contributed by atoms with Crippen LogP contribution in [-0.4, -0.2) is 28.5 Å². The lowest BCUT2D eigenvalue weighted by Crippen LogP contribution is -2.42. The molecule has 1 aliphatic heterocycles. The van der Waals surface area contributed by atoms with E-state index in [-0.39, 0.29) is 5.54 Å². The van der Waals surface area contributed by atoms with Crippen molar-refractivity contribution in [3.63, 3.8) is 0 Å². The molecule has 1 aromatic rings. The molecule has 2 rings (SSSR count). The van der Waals surface area contributed by atoms with Gasteiger partial charge in [0.05, 0.1) is 12.8 Å². The Bertz CT molecular complexity index is 302. The second-order valence-electron chi connectivity index (χ2n) is 4.24. The molecule has 0 amide bonds. The van der Waals surface area contributed by atoms with Crippen LogP contribution in [0.1, 0.15) is 18.9 Å². The van der Waals surface area contributed by atoms with Gasteiger partial charge in [-0.25, -0.2) is 0 Å². The predicted molar refractivity (Wildman–Crippen MR) is 53.9 cm³/mol. The molecule has 1 N–H and O–H groups in total. The maximum absolute atomic E-state index is 5.37. The van der Waals surface area contributed by atoms with E-state index in [0.717, 1.165) is 26.2 Å². The molecule has 1 atom stereocenters. The highest BCUT2D eigenvalue weighted by Crippen LogP contribution is 2.17. The molecule has 0 bridgehead atoms. The SMILES string of the molecule is Cn1cc(CNC2(C)CCOC2)cn1. The zero-order valence-electron chi connectivity index (χ0n) is 8.79. The van der Waals surface area contributed by atoms with Crippen molar-refractivity contribution in [1.29, 1.82) is 0 Å².